The van der Waals surface area contributed by atoms with E-state index in [9.17, 15) is 4.79 Å². The molecular weight excluding hydrogens is 214 g/mol. The topological polar surface area (TPSA) is 77.2 Å². The predicted octanol–water partition coefficient (Wildman–Crippen LogP) is 1.33. The van der Waals surface area contributed by atoms with Crippen molar-refractivity contribution in [1.29, 1.82) is 0 Å². The third-order valence-electron chi connectivity index (χ3n) is 2.26. The van der Waals surface area contributed by atoms with Crippen molar-refractivity contribution in [2.75, 3.05) is 24.7 Å². The first-order chi connectivity index (χ1) is 7.20. The molecule has 1 fully saturated rings. The number of hydrogen-bond donors (Lipinski definition) is 2. The molecule has 15 heavy (non-hydrogen) atoms. The molecular formula is C9H13N3O2S. The summed E-state index contributed by atoms with van der Waals surface area (Å²) in [6, 6.07) is 0. The van der Waals surface area contributed by atoms with Crippen LogP contribution in [0.3, 0.4) is 0 Å². The van der Waals surface area contributed by atoms with Crippen molar-refractivity contribution in [1.82, 2.24) is 4.98 Å². The number of rotatable bonds is 4. The normalized spacial score (nSPS) is 15.0. The van der Waals surface area contributed by atoms with Gasteiger partial charge in [-0.1, -0.05) is 11.3 Å². The monoisotopic (exact) mass is 227 g/mol. The Morgan fingerprint density at radius 2 is 2.47 bits per heavy atom. The molecule has 2 rings (SSSR count). The first kappa shape index (κ1) is 10.2. The molecule has 3 N–H and O–H groups in total. The second-order valence-corrected chi connectivity index (χ2v) is 4.55. The smallest absolute Gasteiger partial charge is 0.351 e. The summed E-state index contributed by atoms with van der Waals surface area (Å²) in [5.74, 6) is 0.575. The van der Waals surface area contributed by atoms with E-state index >= 15 is 0 Å². The highest BCUT2D eigenvalue weighted by atomic mass is 32.1. The van der Waals surface area contributed by atoms with Gasteiger partial charge in [-0.2, -0.15) is 0 Å². The molecule has 1 aliphatic carbocycles. The van der Waals surface area contributed by atoms with Crippen molar-refractivity contribution in [2.45, 2.75) is 12.8 Å². The Kier molecular flexibility index (Phi) is 2.77. The Bertz CT molecular complexity index is 373. The van der Waals surface area contributed by atoms with Crippen LogP contribution in [-0.2, 0) is 4.74 Å². The number of thiazole rings is 1. The number of carbonyl (C=O) groups is 1. The lowest BCUT2D eigenvalue weighted by atomic mass is 10.4. The fourth-order valence-electron chi connectivity index (χ4n) is 1.20. The van der Waals surface area contributed by atoms with Crippen LogP contribution in [0, 0.1) is 5.92 Å². The van der Waals surface area contributed by atoms with Crippen molar-refractivity contribution in [3.8, 4) is 0 Å². The lowest BCUT2D eigenvalue weighted by molar-refractivity contribution is 0.0607. The summed E-state index contributed by atoms with van der Waals surface area (Å²) in [6.07, 6.45) is 2.55. The number of methoxy groups -OCH3 is 1. The van der Waals surface area contributed by atoms with E-state index in [2.05, 4.69) is 15.0 Å². The standard InChI is InChI=1S/C9H13N3O2S/c1-14-8(13)6-7(10)12-9(15-6)11-4-5-2-3-5/h5H,2-4,10H2,1H3,(H,11,12). The summed E-state index contributed by atoms with van der Waals surface area (Å²) in [5, 5.41) is 3.86. The average Bonchev–Trinajstić information content (AvgIpc) is 2.98. The fourth-order valence-corrected chi connectivity index (χ4v) is 2.01. The van der Waals surface area contributed by atoms with E-state index in [-0.39, 0.29) is 5.82 Å². The molecule has 0 radical (unpaired) electrons. The minimum atomic E-state index is -0.426. The minimum absolute atomic E-state index is 0.241. The Hall–Kier alpha value is -1.30. The van der Waals surface area contributed by atoms with Crippen molar-refractivity contribution in [3.63, 3.8) is 0 Å². The van der Waals surface area contributed by atoms with E-state index in [1.807, 2.05) is 0 Å². The predicted molar refractivity (Wildman–Crippen MR) is 59.1 cm³/mol. The van der Waals surface area contributed by atoms with Crippen LogP contribution >= 0.6 is 11.3 Å². The third-order valence-corrected chi connectivity index (χ3v) is 3.27. The van der Waals surface area contributed by atoms with Crippen molar-refractivity contribution in [3.05, 3.63) is 4.88 Å². The van der Waals surface area contributed by atoms with Crippen LogP contribution in [0.5, 0.6) is 0 Å². The number of ether oxygens (including phenoxy) is 1. The lowest BCUT2D eigenvalue weighted by Gasteiger charge is -1.97. The molecule has 6 heteroatoms. The number of hydrogen-bond acceptors (Lipinski definition) is 6. The van der Waals surface area contributed by atoms with Gasteiger partial charge in [0.15, 0.2) is 15.8 Å². The zero-order chi connectivity index (χ0) is 10.8. The fraction of sp³-hybridized carbons (Fsp3) is 0.556. The summed E-state index contributed by atoms with van der Waals surface area (Å²) in [4.78, 5) is 15.7. The van der Waals surface area contributed by atoms with E-state index in [0.717, 1.165) is 12.5 Å². The summed E-state index contributed by atoms with van der Waals surface area (Å²) >= 11 is 1.24. The minimum Gasteiger partial charge on any atom is -0.465 e. The molecule has 5 nitrogen and oxygen atoms in total. The van der Waals surface area contributed by atoms with E-state index in [4.69, 9.17) is 5.73 Å². The number of nitrogens with one attached hydrogen (secondary N) is 1. The highest BCUT2D eigenvalue weighted by Gasteiger charge is 2.22. The number of anilines is 2. The van der Waals surface area contributed by atoms with Gasteiger partial charge in [0.1, 0.15) is 0 Å². The largest absolute Gasteiger partial charge is 0.465 e. The lowest BCUT2D eigenvalue weighted by Crippen LogP contribution is -2.02. The number of nitrogens with two attached hydrogens (primary N) is 1. The SMILES string of the molecule is COC(=O)c1sc(NCC2CC2)nc1N. The van der Waals surface area contributed by atoms with Crippen LogP contribution in [0.15, 0.2) is 0 Å². The van der Waals surface area contributed by atoms with Gasteiger partial charge in [-0.05, 0) is 18.8 Å². The molecule has 0 unspecified atom stereocenters. The molecule has 0 atom stereocenters. The summed E-state index contributed by atoms with van der Waals surface area (Å²) < 4.78 is 4.59. The number of aromatic nitrogens is 1. The first-order valence-corrected chi connectivity index (χ1v) is 5.61. The quantitative estimate of drug-likeness (QED) is 0.759. The van der Waals surface area contributed by atoms with E-state index in [0.29, 0.717) is 10.0 Å². The van der Waals surface area contributed by atoms with Crippen LogP contribution in [0.25, 0.3) is 0 Å². The molecule has 1 aliphatic rings. The van der Waals surface area contributed by atoms with Gasteiger partial charge in [0.2, 0.25) is 0 Å². The maximum absolute atomic E-state index is 11.2. The zero-order valence-corrected chi connectivity index (χ0v) is 9.26. The first-order valence-electron chi connectivity index (χ1n) is 4.79. The van der Waals surface area contributed by atoms with Gasteiger partial charge < -0.3 is 15.8 Å². The van der Waals surface area contributed by atoms with Gasteiger partial charge in [-0.25, -0.2) is 9.78 Å². The number of nitrogen functional groups attached to an aromatic ring is 1. The molecule has 0 bridgehead atoms. The highest BCUT2D eigenvalue weighted by Crippen LogP contribution is 2.31. The van der Waals surface area contributed by atoms with E-state index < -0.39 is 5.97 Å². The molecule has 0 aromatic carbocycles. The van der Waals surface area contributed by atoms with Gasteiger partial charge in [0.05, 0.1) is 7.11 Å². The summed E-state index contributed by atoms with van der Waals surface area (Å²) in [7, 11) is 1.33. The molecule has 0 spiro atoms. The molecule has 0 amide bonds. The Labute approximate surface area is 91.6 Å². The molecule has 0 aliphatic heterocycles. The molecule has 1 heterocycles. The molecule has 82 valence electrons. The highest BCUT2D eigenvalue weighted by molar-refractivity contribution is 7.17. The Morgan fingerprint density at radius 3 is 3.07 bits per heavy atom. The van der Waals surface area contributed by atoms with Gasteiger partial charge >= 0.3 is 5.97 Å². The summed E-state index contributed by atoms with van der Waals surface area (Å²) in [5.41, 5.74) is 5.60. The van der Waals surface area contributed by atoms with Crippen LogP contribution in [0.4, 0.5) is 10.9 Å². The zero-order valence-electron chi connectivity index (χ0n) is 8.45. The van der Waals surface area contributed by atoms with Crippen molar-refractivity contribution < 1.29 is 9.53 Å². The second-order valence-electron chi connectivity index (χ2n) is 3.55. The van der Waals surface area contributed by atoms with Crippen LogP contribution in [0.2, 0.25) is 0 Å². The van der Waals surface area contributed by atoms with Crippen LogP contribution in [-0.4, -0.2) is 24.6 Å². The second kappa shape index (κ2) is 4.06. The molecule has 1 aromatic heterocycles. The molecule has 0 saturated heterocycles. The summed E-state index contributed by atoms with van der Waals surface area (Å²) in [6.45, 7) is 0.910. The maximum Gasteiger partial charge on any atom is 0.351 e. The number of nitrogens with zero attached hydrogens (tertiary/aromatic N) is 1. The van der Waals surface area contributed by atoms with Gasteiger partial charge in [0.25, 0.3) is 0 Å². The van der Waals surface area contributed by atoms with E-state index in [1.54, 1.807) is 0 Å². The van der Waals surface area contributed by atoms with Crippen molar-refractivity contribution >= 4 is 28.3 Å². The van der Waals surface area contributed by atoms with Gasteiger partial charge in [-0.3, -0.25) is 0 Å². The average molecular weight is 227 g/mol. The van der Waals surface area contributed by atoms with Gasteiger partial charge in [-0.15, -0.1) is 0 Å². The Balaban J connectivity index is 2.02. The maximum atomic E-state index is 11.2. The van der Waals surface area contributed by atoms with Crippen LogP contribution < -0.4 is 11.1 Å². The molecule has 1 aromatic rings. The van der Waals surface area contributed by atoms with Crippen LogP contribution in [0.1, 0.15) is 22.5 Å². The third kappa shape index (κ3) is 2.38. The van der Waals surface area contributed by atoms with E-state index in [1.165, 1.54) is 31.3 Å². The van der Waals surface area contributed by atoms with Gasteiger partial charge in [0, 0.05) is 6.54 Å². The Morgan fingerprint density at radius 1 is 1.73 bits per heavy atom. The molecule has 1 saturated carbocycles. The van der Waals surface area contributed by atoms with Crippen molar-refractivity contribution in [2.24, 2.45) is 5.92 Å². The number of carbonyl (C=O) groups excluding carboxylic acids is 1. The number of esters is 1.